The summed E-state index contributed by atoms with van der Waals surface area (Å²) in [5, 5.41) is 2.46. The van der Waals surface area contributed by atoms with Crippen LogP contribution in [0.3, 0.4) is 0 Å². The number of hydrogen-bond donors (Lipinski definition) is 0. The lowest BCUT2D eigenvalue weighted by atomic mass is 9.82. The monoisotopic (exact) mass is 1020 g/mol. The number of para-hydroxylation sites is 1. The summed E-state index contributed by atoms with van der Waals surface area (Å²) >= 11 is 0. The van der Waals surface area contributed by atoms with Crippen molar-refractivity contribution in [2.45, 2.75) is 38.0 Å². The highest BCUT2D eigenvalue weighted by Gasteiger charge is 2.35. The van der Waals surface area contributed by atoms with Gasteiger partial charge in [0.1, 0.15) is 0 Å². The van der Waals surface area contributed by atoms with Gasteiger partial charge in [-0.1, -0.05) is 238 Å². The van der Waals surface area contributed by atoms with Gasteiger partial charge < -0.3 is 9.47 Å². The first-order valence-corrected chi connectivity index (χ1v) is 28.2. The molecule has 1 atom stereocenters. The van der Waals surface area contributed by atoms with Crippen molar-refractivity contribution in [3.63, 3.8) is 0 Å². The Morgan fingerprint density at radius 1 is 0.338 bits per heavy atom. The van der Waals surface area contributed by atoms with Crippen LogP contribution in [0, 0.1) is 0 Å². The standard InChI is InChI=1S/C78H60N2/c1-78(2)74-26-16-15-25-70(74)71-48-46-68(53-75(71)78)80-76-49-40-63(59-30-34-62(35-31-59)69(47-27-54-17-7-3-8-18-54)61-32-28-57(29-33-61)55-19-9-4-10-20-55)51-72(76)73-52-64(41-50-77(73)80)60-38-44-67(45-39-60)79(65-23-13-6-14-24-65)66-42-36-58(37-43-66)56-21-11-5-12-22-56/h3-26,28-46,48-53,69H,27,47H2,1-2H3. The van der Waals surface area contributed by atoms with Crippen molar-refractivity contribution in [2.24, 2.45) is 0 Å². The Kier molecular flexibility index (Phi) is 12.5. The van der Waals surface area contributed by atoms with Gasteiger partial charge in [-0.3, -0.25) is 0 Å². The van der Waals surface area contributed by atoms with Crippen molar-refractivity contribution in [2.75, 3.05) is 4.90 Å². The van der Waals surface area contributed by atoms with Crippen molar-refractivity contribution in [3.05, 3.63) is 325 Å². The molecule has 1 aliphatic carbocycles. The molecule has 0 spiro atoms. The molecule has 0 fully saturated rings. The number of benzene rings is 12. The van der Waals surface area contributed by atoms with Gasteiger partial charge in [0.25, 0.3) is 0 Å². The molecule has 2 nitrogen and oxygen atoms in total. The second-order valence-corrected chi connectivity index (χ2v) is 22.0. The van der Waals surface area contributed by atoms with Gasteiger partial charge in [-0.15, -0.1) is 0 Å². The summed E-state index contributed by atoms with van der Waals surface area (Å²) in [6, 6.07) is 110. The van der Waals surface area contributed by atoms with Crippen molar-refractivity contribution in [3.8, 4) is 61.3 Å². The Balaban J connectivity index is 0.843. The van der Waals surface area contributed by atoms with E-state index in [1.165, 1.54) is 111 Å². The molecule has 1 aliphatic rings. The first kappa shape index (κ1) is 48.6. The molecule has 12 aromatic carbocycles. The molecule has 1 heterocycles. The van der Waals surface area contributed by atoms with E-state index in [0.29, 0.717) is 0 Å². The Bertz CT molecular complexity index is 4310. The van der Waals surface area contributed by atoms with Crippen LogP contribution in [0.4, 0.5) is 17.1 Å². The Morgan fingerprint density at radius 2 is 0.738 bits per heavy atom. The zero-order chi connectivity index (χ0) is 53.6. The van der Waals surface area contributed by atoms with Crippen LogP contribution in [0.5, 0.6) is 0 Å². The zero-order valence-electron chi connectivity index (χ0n) is 45.2. The summed E-state index contributed by atoms with van der Waals surface area (Å²) < 4.78 is 2.49. The number of anilines is 3. The van der Waals surface area contributed by atoms with Crippen LogP contribution in [0.1, 0.15) is 54.0 Å². The fraction of sp³-hybridized carbons (Fsp3) is 0.0769. The van der Waals surface area contributed by atoms with Gasteiger partial charge in [-0.05, 0) is 169 Å². The highest BCUT2D eigenvalue weighted by Crippen LogP contribution is 2.50. The molecular formula is C78H60N2. The van der Waals surface area contributed by atoms with Gasteiger partial charge in [-0.25, -0.2) is 0 Å². The lowest BCUT2D eigenvalue weighted by Crippen LogP contribution is -2.15. The van der Waals surface area contributed by atoms with Gasteiger partial charge in [0, 0.05) is 44.9 Å². The van der Waals surface area contributed by atoms with E-state index in [0.717, 1.165) is 29.9 Å². The first-order valence-electron chi connectivity index (χ1n) is 28.2. The van der Waals surface area contributed by atoms with Gasteiger partial charge in [0.2, 0.25) is 0 Å². The van der Waals surface area contributed by atoms with Crippen molar-refractivity contribution in [1.29, 1.82) is 0 Å². The minimum absolute atomic E-state index is 0.118. The third-order valence-corrected chi connectivity index (χ3v) is 16.9. The van der Waals surface area contributed by atoms with Crippen LogP contribution in [0.2, 0.25) is 0 Å². The SMILES string of the molecule is CC1(C)c2ccccc2-c2ccc(-n3c4ccc(-c5ccc(C(CCc6ccccc6)c6ccc(-c7ccccc7)cc6)cc5)cc4c4cc(-c5ccc(N(c6ccccc6)c6ccc(-c7ccccc7)cc6)cc5)ccc43)cc21. The van der Waals surface area contributed by atoms with Gasteiger partial charge in [0.15, 0.2) is 0 Å². The van der Waals surface area contributed by atoms with E-state index in [9.17, 15) is 0 Å². The maximum atomic E-state index is 2.49. The molecule has 0 saturated carbocycles. The third kappa shape index (κ3) is 8.99. The molecule has 0 bridgehead atoms. The molecule has 0 saturated heterocycles. The number of rotatable bonds is 13. The summed E-state index contributed by atoms with van der Waals surface area (Å²) in [7, 11) is 0. The summed E-state index contributed by atoms with van der Waals surface area (Å²) in [6.07, 6.45) is 2.02. The molecule has 1 aromatic heterocycles. The summed E-state index contributed by atoms with van der Waals surface area (Å²) in [5.41, 5.74) is 25.9. The fourth-order valence-electron chi connectivity index (χ4n) is 12.7. The van der Waals surface area contributed by atoms with Gasteiger partial charge in [-0.2, -0.15) is 0 Å². The van der Waals surface area contributed by atoms with Crippen molar-refractivity contribution in [1.82, 2.24) is 4.57 Å². The number of nitrogens with zero attached hydrogens (tertiary/aromatic N) is 2. The quantitative estimate of drug-likeness (QED) is 0.112. The summed E-state index contributed by atoms with van der Waals surface area (Å²) in [6.45, 7) is 4.74. The van der Waals surface area contributed by atoms with Crippen LogP contribution >= 0.6 is 0 Å². The molecule has 0 N–H and O–H groups in total. The van der Waals surface area contributed by atoms with E-state index in [1.807, 2.05) is 0 Å². The predicted molar refractivity (Wildman–Crippen MR) is 338 cm³/mol. The molecule has 0 radical (unpaired) electrons. The molecule has 14 rings (SSSR count). The second kappa shape index (κ2) is 20.6. The molecule has 13 aromatic rings. The molecule has 1 unspecified atom stereocenters. The second-order valence-electron chi connectivity index (χ2n) is 22.0. The molecule has 2 heteroatoms. The smallest absolute Gasteiger partial charge is 0.0541 e. The first-order chi connectivity index (χ1) is 39.4. The lowest BCUT2D eigenvalue weighted by Gasteiger charge is -2.26. The molecule has 0 aliphatic heterocycles. The average molecular weight is 1030 g/mol. The van der Waals surface area contributed by atoms with Crippen molar-refractivity contribution < 1.29 is 0 Å². The normalized spacial score (nSPS) is 12.8. The summed E-state index contributed by atoms with van der Waals surface area (Å²) in [4.78, 5) is 2.34. The van der Waals surface area contributed by atoms with Crippen molar-refractivity contribution >= 4 is 38.9 Å². The predicted octanol–water partition coefficient (Wildman–Crippen LogP) is 21.0. The van der Waals surface area contributed by atoms with E-state index < -0.39 is 0 Å². The van der Waals surface area contributed by atoms with Gasteiger partial charge in [0.05, 0.1) is 11.0 Å². The summed E-state index contributed by atoms with van der Waals surface area (Å²) in [5.74, 6) is 0.250. The van der Waals surface area contributed by atoms with E-state index in [2.05, 4.69) is 321 Å². The Hall–Kier alpha value is -9.76. The van der Waals surface area contributed by atoms with E-state index in [-0.39, 0.29) is 11.3 Å². The maximum absolute atomic E-state index is 2.49. The Morgan fingerprint density at radius 3 is 1.26 bits per heavy atom. The maximum Gasteiger partial charge on any atom is 0.0541 e. The van der Waals surface area contributed by atoms with Crippen LogP contribution in [0.25, 0.3) is 83.1 Å². The molecule has 80 heavy (non-hydrogen) atoms. The lowest BCUT2D eigenvalue weighted by molar-refractivity contribution is 0.660. The minimum Gasteiger partial charge on any atom is -0.311 e. The van der Waals surface area contributed by atoms with E-state index >= 15 is 0 Å². The van der Waals surface area contributed by atoms with Crippen LogP contribution in [-0.2, 0) is 11.8 Å². The zero-order valence-corrected chi connectivity index (χ0v) is 45.2. The highest BCUT2D eigenvalue weighted by molar-refractivity contribution is 6.12. The molecular weight excluding hydrogens is 965 g/mol. The third-order valence-electron chi connectivity index (χ3n) is 16.9. The highest BCUT2D eigenvalue weighted by atomic mass is 15.1. The van der Waals surface area contributed by atoms with E-state index in [4.69, 9.17) is 0 Å². The van der Waals surface area contributed by atoms with Crippen LogP contribution in [-0.4, -0.2) is 4.57 Å². The average Bonchev–Trinajstić information content (AvgIpc) is 4.06. The number of aromatic nitrogens is 1. The number of hydrogen-bond acceptors (Lipinski definition) is 1. The Labute approximate surface area is 470 Å². The minimum atomic E-state index is -0.118. The topological polar surface area (TPSA) is 8.17 Å². The van der Waals surface area contributed by atoms with Crippen LogP contribution in [0.15, 0.2) is 297 Å². The molecule has 382 valence electrons. The van der Waals surface area contributed by atoms with Gasteiger partial charge >= 0.3 is 0 Å². The number of aryl methyl sites for hydroxylation is 1. The van der Waals surface area contributed by atoms with E-state index in [1.54, 1.807) is 0 Å². The fourth-order valence-corrected chi connectivity index (χ4v) is 12.7. The molecule has 0 amide bonds. The van der Waals surface area contributed by atoms with Crippen LogP contribution < -0.4 is 4.90 Å². The number of fused-ring (bicyclic) bond motifs is 6. The largest absolute Gasteiger partial charge is 0.311 e.